The number of methoxy groups -OCH3 is 1. The van der Waals surface area contributed by atoms with Gasteiger partial charge in [-0.3, -0.25) is 4.98 Å². The summed E-state index contributed by atoms with van der Waals surface area (Å²) >= 11 is 0. The molecule has 0 saturated heterocycles. The van der Waals surface area contributed by atoms with Crippen LogP contribution in [0.4, 0.5) is 39.5 Å². The third-order valence-corrected chi connectivity index (χ3v) is 8.95. The number of aromatic nitrogens is 1. The lowest BCUT2D eigenvalue weighted by atomic mass is 9.85. The van der Waals surface area contributed by atoms with Crippen molar-refractivity contribution >= 4 is 11.7 Å². The van der Waals surface area contributed by atoms with Crippen molar-refractivity contribution in [2.24, 2.45) is 11.1 Å². The van der Waals surface area contributed by atoms with Crippen LogP contribution in [0.3, 0.4) is 0 Å². The Hall–Kier alpha value is -5.08. The van der Waals surface area contributed by atoms with E-state index >= 15 is 0 Å². The van der Waals surface area contributed by atoms with Crippen LogP contribution in [0.2, 0.25) is 0 Å². The van der Waals surface area contributed by atoms with Crippen LogP contribution in [-0.2, 0) is 23.4 Å². The summed E-state index contributed by atoms with van der Waals surface area (Å²) in [7, 11) is 1.36. The molecule has 0 unspecified atom stereocenters. The molecule has 6 rings (SSSR count). The molecule has 0 bridgehead atoms. The number of carbonyl (C=O) groups is 1. The molecule has 0 spiro atoms. The number of hydrogen-bond donors (Lipinski definition) is 1. The zero-order valence-electron chi connectivity index (χ0n) is 26.0. The summed E-state index contributed by atoms with van der Waals surface area (Å²) in [5.41, 5.74) is -1.99. The van der Waals surface area contributed by atoms with Crippen LogP contribution in [0.5, 0.6) is 5.75 Å². The Kier molecular flexibility index (Phi) is 8.59. The number of pyridine rings is 1. The normalized spacial score (nSPS) is 19.2. The zero-order valence-corrected chi connectivity index (χ0v) is 26.0. The number of halogens is 9. The Morgan fingerprint density at radius 1 is 0.820 bits per heavy atom. The zero-order chi connectivity index (χ0) is 36.3. The number of nitrogens with zero attached hydrogens (tertiary/aromatic N) is 2. The highest BCUT2D eigenvalue weighted by Gasteiger charge is 2.47. The lowest BCUT2D eigenvalue weighted by Crippen LogP contribution is -2.18. The van der Waals surface area contributed by atoms with Crippen LogP contribution in [0.25, 0.3) is 22.3 Å². The molecule has 262 valence electrons. The van der Waals surface area contributed by atoms with Crippen LogP contribution >= 0.6 is 0 Å². The first-order valence-electron chi connectivity index (χ1n) is 15.0. The van der Waals surface area contributed by atoms with Gasteiger partial charge in [-0.25, -0.2) is 4.79 Å². The Balaban J connectivity index is 1.44. The lowest BCUT2D eigenvalue weighted by Gasteiger charge is -2.20. The van der Waals surface area contributed by atoms with Crippen molar-refractivity contribution in [3.8, 4) is 28.0 Å². The number of aromatic carboxylic acids is 1. The van der Waals surface area contributed by atoms with Crippen molar-refractivity contribution in [2.45, 2.75) is 50.3 Å². The molecular weight excluding hydrogens is 683 g/mol. The van der Waals surface area contributed by atoms with E-state index < -0.39 is 64.8 Å². The second kappa shape index (κ2) is 12.4. The molecule has 1 aliphatic carbocycles. The molecule has 6 nitrogen and oxygen atoms in total. The first-order valence-corrected chi connectivity index (χ1v) is 15.0. The number of carboxylic acids is 1. The second-order valence-electron chi connectivity index (χ2n) is 12.0. The quantitative estimate of drug-likeness (QED) is 0.202. The molecule has 1 saturated carbocycles. The van der Waals surface area contributed by atoms with E-state index in [1.165, 1.54) is 19.2 Å². The fourth-order valence-electron chi connectivity index (χ4n) is 6.63. The number of hydrogen-bond acceptors (Lipinski definition) is 5. The van der Waals surface area contributed by atoms with Crippen LogP contribution in [0.1, 0.15) is 68.7 Å². The van der Waals surface area contributed by atoms with E-state index in [4.69, 9.17) is 9.57 Å². The molecule has 2 heterocycles. The largest absolute Gasteiger partial charge is 0.496 e. The van der Waals surface area contributed by atoms with Gasteiger partial charge in [-0.1, -0.05) is 17.3 Å². The minimum absolute atomic E-state index is 0.00307. The minimum atomic E-state index is -5.10. The van der Waals surface area contributed by atoms with Gasteiger partial charge in [0.1, 0.15) is 11.4 Å². The van der Waals surface area contributed by atoms with E-state index in [0.29, 0.717) is 34.4 Å². The molecule has 1 N–H and O–H groups in total. The summed E-state index contributed by atoms with van der Waals surface area (Å²) in [6.45, 7) is 1.70. The average molecular weight is 709 g/mol. The smallest absolute Gasteiger partial charge is 0.433 e. The number of carboxylic acid groups (broad SMARTS) is 1. The lowest BCUT2D eigenvalue weighted by molar-refractivity contribution is -0.143. The van der Waals surface area contributed by atoms with Gasteiger partial charge < -0.3 is 14.7 Å². The van der Waals surface area contributed by atoms with Gasteiger partial charge in [-0.2, -0.15) is 39.5 Å². The monoisotopic (exact) mass is 708 g/mol. The predicted octanol–water partition coefficient (Wildman–Crippen LogP) is 10.1. The van der Waals surface area contributed by atoms with E-state index in [9.17, 15) is 49.4 Å². The standard InChI is InChI=1S/C35H25F9N2O4/c1-16-9-18(32(47)48)3-5-22(16)17-4-8-28(49-2)26(12-17)27-15-45-29(35(42,43)44)14-25(27)23-6-7-24-30(23)46-50-31(24)19-10-20(33(36,37)38)13-21(11-19)34(39,40)41/h3-5,8-15,23-24,31H,6-7H2,1-2H3,(H,47,48)/t23-,24+,31+/m1/s1. The predicted molar refractivity (Wildman–Crippen MR) is 162 cm³/mol. The van der Waals surface area contributed by atoms with Crippen molar-refractivity contribution in [3.05, 3.63) is 106 Å². The van der Waals surface area contributed by atoms with E-state index in [2.05, 4.69) is 10.1 Å². The van der Waals surface area contributed by atoms with Gasteiger partial charge in [-0.15, -0.1) is 0 Å². The van der Waals surface area contributed by atoms with Gasteiger partial charge >= 0.3 is 24.5 Å². The van der Waals surface area contributed by atoms with Gasteiger partial charge in [0.15, 0.2) is 6.10 Å². The molecule has 1 fully saturated rings. The number of fused-ring (bicyclic) bond motifs is 1. The van der Waals surface area contributed by atoms with Gasteiger partial charge in [0.05, 0.1) is 29.5 Å². The van der Waals surface area contributed by atoms with E-state index in [0.717, 1.165) is 12.3 Å². The van der Waals surface area contributed by atoms with Crippen LogP contribution in [-0.4, -0.2) is 28.9 Å². The summed E-state index contributed by atoms with van der Waals surface area (Å²) in [6, 6.07) is 11.4. The number of benzene rings is 3. The number of aryl methyl sites for hydroxylation is 1. The number of ether oxygens (including phenoxy) is 1. The molecule has 1 aliphatic heterocycles. The molecule has 1 aromatic heterocycles. The first-order chi connectivity index (χ1) is 23.4. The Morgan fingerprint density at radius 3 is 2.08 bits per heavy atom. The minimum Gasteiger partial charge on any atom is -0.496 e. The molecule has 3 atom stereocenters. The highest BCUT2D eigenvalue weighted by atomic mass is 19.4. The summed E-state index contributed by atoms with van der Waals surface area (Å²) in [5.74, 6) is -2.57. The molecule has 2 aliphatic rings. The fourth-order valence-corrected chi connectivity index (χ4v) is 6.63. The van der Waals surface area contributed by atoms with Crippen molar-refractivity contribution < 1.29 is 59.0 Å². The topological polar surface area (TPSA) is 81.0 Å². The summed E-state index contributed by atoms with van der Waals surface area (Å²) in [4.78, 5) is 20.6. The molecule has 4 aromatic rings. The molecule has 15 heteroatoms. The second-order valence-corrected chi connectivity index (χ2v) is 12.0. The van der Waals surface area contributed by atoms with Crippen LogP contribution in [0.15, 0.2) is 72.0 Å². The summed E-state index contributed by atoms with van der Waals surface area (Å²) < 4.78 is 129. The van der Waals surface area contributed by atoms with Crippen molar-refractivity contribution in [3.63, 3.8) is 0 Å². The van der Waals surface area contributed by atoms with Gasteiger partial charge in [0, 0.05) is 29.2 Å². The number of rotatable bonds is 6. The van der Waals surface area contributed by atoms with Gasteiger partial charge in [0.25, 0.3) is 0 Å². The van der Waals surface area contributed by atoms with Crippen LogP contribution < -0.4 is 4.74 Å². The van der Waals surface area contributed by atoms with Crippen molar-refractivity contribution in [1.82, 2.24) is 4.98 Å². The Bertz CT molecular complexity index is 1990. The maximum absolute atomic E-state index is 14.0. The fraction of sp³-hybridized carbons (Fsp3) is 0.286. The highest BCUT2D eigenvalue weighted by Crippen LogP contribution is 2.51. The third kappa shape index (κ3) is 6.48. The molecule has 0 amide bonds. The van der Waals surface area contributed by atoms with Crippen molar-refractivity contribution in [2.75, 3.05) is 7.11 Å². The Labute approximate surface area is 278 Å². The first kappa shape index (κ1) is 34.8. The van der Waals surface area contributed by atoms with E-state index in [1.54, 1.807) is 31.2 Å². The highest BCUT2D eigenvalue weighted by molar-refractivity contribution is 5.98. The maximum Gasteiger partial charge on any atom is 0.433 e. The summed E-state index contributed by atoms with van der Waals surface area (Å²) in [5, 5.41) is 13.4. The molecule has 0 radical (unpaired) electrons. The maximum atomic E-state index is 14.0. The molecular formula is C35H25F9N2O4. The number of alkyl halides is 9. The molecule has 3 aromatic carbocycles. The Morgan fingerprint density at radius 2 is 1.50 bits per heavy atom. The number of oxime groups is 1. The van der Waals surface area contributed by atoms with Crippen LogP contribution in [0, 0.1) is 12.8 Å². The van der Waals surface area contributed by atoms with E-state index in [-0.39, 0.29) is 47.1 Å². The van der Waals surface area contributed by atoms with E-state index in [1.807, 2.05) is 0 Å². The molecule has 50 heavy (non-hydrogen) atoms. The third-order valence-electron chi connectivity index (χ3n) is 8.95. The van der Waals surface area contributed by atoms with Crippen molar-refractivity contribution in [1.29, 1.82) is 0 Å². The van der Waals surface area contributed by atoms with Gasteiger partial charge in [0.2, 0.25) is 0 Å². The van der Waals surface area contributed by atoms with Gasteiger partial charge in [-0.05, 0) is 96.1 Å². The SMILES string of the molecule is COc1ccc(-c2ccc(C(=O)O)cc2C)cc1-c1cnc(C(F)(F)F)cc1[C@H]1CC[C@H]2C1=NO[C@H]2c1cc(C(F)(F)F)cc(C(F)(F)F)c1. The average Bonchev–Trinajstić information content (AvgIpc) is 3.65. The summed E-state index contributed by atoms with van der Waals surface area (Å²) in [6.07, 6.45) is -15.1.